The normalized spacial score (nSPS) is 20.2. The van der Waals surface area contributed by atoms with E-state index in [4.69, 9.17) is 0 Å². The minimum absolute atomic E-state index is 0.136. The van der Waals surface area contributed by atoms with Gasteiger partial charge in [0, 0.05) is 47.9 Å². The molecule has 1 N–H and O–H groups in total. The van der Waals surface area contributed by atoms with Crippen molar-refractivity contribution in [2.45, 2.75) is 51.4 Å². The molecule has 2 heterocycles. The van der Waals surface area contributed by atoms with E-state index >= 15 is 0 Å². The Morgan fingerprint density at radius 1 is 1.45 bits per heavy atom. The second-order valence-electron chi connectivity index (χ2n) is 6.44. The van der Waals surface area contributed by atoms with Crippen LogP contribution < -0.4 is 10.2 Å². The van der Waals surface area contributed by atoms with E-state index in [2.05, 4.69) is 60.7 Å². The number of pyridine rings is 1. The van der Waals surface area contributed by atoms with Gasteiger partial charge in [0.2, 0.25) is 0 Å². The highest BCUT2D eigenvalue weighted by Crippen LogP contribution is 2.26. The van der Waals surface area contributed by atoms with Crippen molar-refractivity contribution in [3.63, 3.8) is 0 Å². The van der Waals surface area contributed by atoms with Crippen LogP contribution >= 0.6 is 11.8 Å². The van der Waals surface area contributed by atoms with Crippen molar-refractivity contribution < 1.29 is 0 Å². The molecule has 0 radical (unpaired) electrons. The van der Waals surface area contributed by atoms with Crippen LogP contribution in [0.2, 0.25) is 0 Å². The molecular weight excluding hydrogens is 266 g/mol. The van der Waals surface area contributed by atoms with Gasteiger partial charge in [-0.2, -0.15) is 11.8 Å². The van der Waals surface area contributed by atoms with Gasteiger partial charge in [-0.25, -0.2) is 4.98 Å². The lowest BCUT2D eigenvalue weighted by Crippen LogP contribution is -2.40. The molecule has 1 aliphatic heterocycles. The predicted molar refractivity (Wildman–Crippen MR) is 89.6 cm³/mol. The monoisotopic (exact) mass is 293 g/mol. The second kappa shape index (κ2) is 6.81. The Morgan fingerprint density at radius 3 is 2.95 bits per heavy atom. The fourth-order valence-electron chi connectivity index (χ4n) is 2.37. The Kier molecular flexibility index (Phi) is 5.33. The van der Waals surface area contributed by atoms with E-state index in [0.29, 0.717) is 0 Å². The first kappa shape index (κ1) is 15.6. The summed E-state index contributed by atoms with van der Waals surface area (Å²) in [5.41, 5.74) is 1.45. The average Bonchev–Trinajstić information content (AvgIpc) is 2.45. The largest absolute Gasteiger partial charge is 0.354 e. The van der Waals surface area contributed by atoms with Crippen molar-refractivity contribution in [2.75, 3.05) is 23.7 Å². The first-order valence-electron chi connectivity index (χ1n) is 7.55. The van der Waals surface area contributed by atoms with E-state index in [1.165, 1.54) is 23.6 Å². The van der Waals surface area contributed by atoms with Gasteiger partial charge in [-0.3, -0.25) is 0 Å². The summed E-state index contributed by atoms with van der Waals surface area (Å²) in [7, 11) is 0. The van der Waals surface area contributed by atoms with Crippen LogP contribution in [0.25, 0.3) is 0 Å². The van der Waals surface area contributed by atoms with Crippen LogP contribution in [0.5, 0.6) is 0 Å². The number of hydrogen-bond donors (Lipinski definition) is 1. The molecule has 1 fully saturated rings. The number of nitrogens with one attached hydrogen (secondary N) is 1. The summed E-state index contributed by atoms with van der Waals surface area (Å²) in [6.45, 7) is 12.0. The lowest BCUT2D eigenvalue weighted by atomic mass is 10.1. The van der Waals surface area contributed by atoms with Gasteiger partial charge in [-0.15, -0.1) is 0 Å². The fourth-order valence-corrected chi connectivity index (χ4v) is 3.55. The maximum absolute atomic E-state index is 4.65. The summed E-state index contributed by atoms with van der Waals surface area (Å²) in [6, 6.07) is 4.24. The topological polar surface area (TPSA) is 28.2 Å². The third kappa shape index (κ3) is 4.38. The molecule has 4 heteroatoms. The smallest absolute Gasteiger partial charge is 0.133 e. The molecule has 1 saturated heterocycles. The van der Waals surface area contributed by atoms with Crippen LogP contribution in [-0.4, -0.2) is 34.6 Å². The Balaban J connectivity index is 2.10. The SMILES string of the molecule is CCC1CN(c2ncccc2CNC(C)(C)C)CCS1. The molecule has 1 unspecified atom stereocenters. The maximum atomic E-state index is 4.65. The highest BCUT2D eigenvalue weighted by atomic mass is 32.2. The van der Waals surface area contributed by atoms with Crippen LogP contribution in [0.4, 0.5) is 5.82 Å². The minimum Gasteiger partial charge on any atom is -0.354 e. The van der Waals surface area contributed by atoms with E-state index < -0.39 is 0 Å². The highest BCUT2D eigenvalue weighted by molar-refractivity contribution is 8.00. The standard InChI is InChI=1S/C16H27N3S/c1-5-14-12-19(9-10-20-14)15-13(7-6-8-17-15)11-18-16(2,3)4/h6-8,14,18H,5,9-12H2,1-4H3. The fraction of sp³-hybridized carbons (Fsp3) is 0.688. The van der Waals surface area contributed by atoms with Crippen molar-refractivity contribution in [1.29, 1.82) is 0 Å². The van der Waals surface area contributed by atoms with E-state index in [0.717, 1.165) is 24.9 Å². The van der Waals surface area contributed by atoms with Crippen molar-refractivity contribution >= 4 is 17.6 Å². The molecule has 1 aromatic rings. The third-order valence-corrected chi connectivity index (χ3v) is 4.94. The van der Waals surface area contributed by atoms with Gasteiger partial charge in [0.1, 0.15) is 5.82 Å². The van der Waals surface area contributed by atoms with Crippen LogP contribution in [0, 0.1) is 0 Å². The molecule has 0 spiro atoms. The molecule has 0 amide bonds. The van der Waals surface area contributed by atoms with Crippen LogP contribution in [0.15, 0.2) is 18.3 Å². The van der Waals surface area contributed by atoms with Crippen molar-refractivity contribution in [3.05, 3.63) is 23.9 Å². The van der Waals surface area contributed by atoms with E-state index in [-0.39, 0.29) is 5.54 Å². The second-order valence-corrected chi connectivity index (χ2v) is 7.84. The summed E-state index contributed by atoms with van der Waals surface area (Å²) < 4.78 is 0. The number of nitrogens with zero attached hydrogens (tertiary/aromatic N) is 2. The number of anilines is 1. The summed E-state index contributed by atoms with van der Waals surface area (Å²) in [4.78, 5) is 7.11. The number of rotatable bonds is 4. The molecule has 1 atom stereocenters. The number of thioether (sulfide) groups is 1. The minimum atomic E-state index is 0.136. The van der Waals surface area contributed by atoms with Gasteiger partial charge < -0.3 is 10.2 Å². The Morgan fingerprint density at radius 2 is 2.25 bits per heavy atom. The molecule has 1 aromatic heterocycles. The zero-order valence-corrected chi connectivity index (χ0v) is 14.0. The predicted octanol–water partition coefficient (Wildman–Crippen LogP) is 3.30. The average molecular weight is 293 g/mol. The molecule has 112 valence electrons. The maximum Gasteiger partial charge on any atom is 0.133 e. The van der Waals surface area contributed by atoms with Gasteiger partial charge in [-0.1, -0.05) is 13.0 Å². The molecule has 0 saturated carbocycles. The zero-order chi connectivity index (χ0) is 14.6. The highest BCUT2D eigenvalue weighted by Gasteiger charge is 2.22. The molecule has 1 aliphatic rings. The Hall–Kier alpha value is -0.740. The first-order valence-corrected chi connectivity index (χ1v) is 8.60. The summed E-state index contributed by atoms with van der Waals surface area (Å²) in [5.74, 6) is 2.38. The van der Waals surface area contributed by atoms with Gasteiger partial charge >= 0.3 is 0 Å². The van der Waals surface area contributed by atoms with Gasteiger partial charge in [-0.05, 0) is 33.3 Å². The quantitative estimate of drug-likeness (QED) is 0.922. The number of aromatic nitrogens is 1. The van der Waals surface area contributed by atoms with E-state index in [9.17, 15) is 0 Å². The number of hydrogen-bond acceptors (Lipinski definition) is 4. The molecule has 0 aliphatic carbocycles. The van der Waals surface area contributed by atoms with Crippen LogP contribution in [-0.2, 0) is 6.54 Å². The van der Waals surface area contributed by atoms with Gasteiger partial charge in [0.15, 0.2) is 0 Å². The lowest BCUT2D eigenvalue weighted by molar-refractivity contribution is 0.424. The summed E-state index contributed by atoms with van der Waals surface area (Å²) >= 11 is 2.10. The molecule has 3 nitrogen and oxygen atoms in total. The zero-order valence-electron chi connectivity index (χ0n) is 13.1. The summed E-state index contributed by atoms with van der Waals surface area (Å²) in [5, 5.41) is 4.32. The summed E-state index contributed by atoms with van der Waals surface area (Å²) in [6.07, 6.45) is 3.15. The van der Waals surface area contributed by atoms with Gasteiger partial charge in [0.05, 0.1) is 0 Å². The van der Waals surface area contributed by atoms with Crippen molar-refractivity contribution in [2.24, 2.45) is 0 Å². The van der Waals surface area contributed by atoms with Gasteiger partial charge in [0.25, 0.3) is 0 Å². The third-order valence-electron chi connectivity index (χ3n) is 3.57. The lowest BCUT2D eigenvalue weighted by Gasteiger charge is -2.34. The first-order chi connectivity index (χ1) is 9.49. The Bertz CT molecular complexity index is 428. The molecule has 2 rings (SSSR count). The van der Waals surface area contributed by atoms with Crippen molar-refractivity contribution in [1.82, 2.24) is 10.3 Å². The van der Waals surface area contributed by atoms with Crippen molar-refractivity contribution in [3.8, 4) is 0 Å². The molecule has 20 heavy (non-hydrogen) atoms. The van der Waals surface area contributed by atoms with E-state index in [1.54, 1.807) is 0 Å². The Labute approximate surface area is 127 Å². The molecule has 0 aromatic carbocycles. The molecular formula is C16H27N3S. The van der Waals surface area contributed by atoms with Crippen LogP contribution in [0.3, 0.4) is 0 Å². The van der Waals surface area contributed by atoms with E-state index in [1.807, 2.05) is 12.3 Å². The molecule has 0 bridgehead atoms. The van der Waals surface area contributed by atoms with Crippen LogP contribution in [0.1, 0.15) is 39.7 Å².